The molecule has 0 saturated heterocycles. The number of nitrogens with zero attached hydrogens (tertiary/aromatic N) is 4. The molecule has 7 nitrogen and oxygen atoms in total. The quantitative estimate of drug-likeness (QED) is 0.483. The molecule has 2 aromatic heterocycles. The molecule has 1 unspecified atom stereocenters. The molecule has 10 heteroatoms. The van der Waals surface area contributed by atoms with Gasteiger partial charge in [0, 0.05) is 24.9 Å². The topological polar surface area (TPSA) is 92.7 Å². The van der Waals surface area contributed by atoms with Crippen LogP contribution in [-0.2, 0) is 17.6 Å². The number of benzene rings is 1. The smallest absolute Gasteiger partial charge is 0.233 e. The van der Waals surface area contributed by atoms with Crippen LogP contribution in [0.15, 0.2) is 24.3 Å². The van der Waals surface area contributed by atoms with Gasteiger partial charge in [-0.25, -0.2) is 0 Å². The fourth-order valence-corrected chi connectivity index (χ4v) is 4.18. The van der Waals surface area contributed by atoms with E-state index in [9.17, 15) is 4.79 Å². The number of hydrogen-bond donors (Lipinski definition) is 2. The Bertz CT molecular complexity index is 911. The number of halogens is 1. The number of unbranched alkanes of at least 4 members (excludes halogenated alkanes) is 1. The number of rotatable bonds is 9. The summed E-state index contributed by atoms with van der Waals surface area (Å²) < 4.78 is 0. The van der Waals surface area contributed by atoms with E-state index in [-0.39, 0.29) is 11.8 Å². The van der Waals surface area contributed by atoms with E-state index in [0.29, 0.717) is 10.2 Å². The maximum atomic E-state index is 12.4. The van der Waals surface area contributed by atoms with Crippen molar-refractivity contribution in [3.8, 4) is 0 Å². The lowest BCUT2D eigenvalue weighted by Crippen LogP contribution is -2.18. The van der Waals surface area contributed by atoms with E-state index in [4.69, 9.17) is 11.6 Å². The lowest BCUT2D eigenvalue weighted by molar-refractivity contribution is -0.117. The molecule has 0 aliphatic heterocycles. The second-order valence-electron chi connectivity index (χ2n) is 6.22. The van der Waals surface area contributed by atoms with Crippen molar-refractivity contribution in [3.05, 3.63) is 44.9 Å². The molecule has 0 fully saturated rings. The highest BCUT2D eigenvalue weighted by atomic mass is 35.5. The van der Waals surface area contributed by atoms with Gasteiger partial charge in [-0.3, -0.25) is 4.79 Å². The van der Waals surface area contributed by atoms with Crippen LogP contribution in [0.5, 0.6) is 0 Å². The SMILES string of the molecule is CNc1nnc(CCCCc2nnc(NC(=O)C(C)c3ccc(Cl)cc3)s2)s1. The van der Waals surface area contributed by atoms with Crippen LogP contribution in [0.2, 0.25) is 5.02 Å². The standard InChI is InChI=1S/C18H21ClN6OS2/c1-11(12-7-9-13(19)10-8-12)16(26)21-18-25-23-15(28-18)6-4-3-5-14-22-24-17(20-2)27-14/h7-11H,3-6H2,1-2H3,(H,20,24)(H,21,25,26). The van der Waals surface area contributed by atoms with Crippen molar-refractivity contribution in [3.63, 3.8) is 0 Å². The Labute approximate surface area is 176 Å². The zero-order valence-electron chi connectivity index (χ0n) is 15.6. The number of anilines is 2. The van der Waals surface area contributed by atoms with E-state index in [1.165, 1.54) is 11.3 Å². The largest absolute Gasteiger partial charge is 0.363 e. The minimum absolute atomic E-state index is 0.110. The van der Waals surface area contributed by atoms with Gasteiger partial charge in [0.25, 0.3) is 0 Å². The van der Waals surface area contributed by atoms with Gasteiger partial charge < -0.3 is 10.6 Å². The molecular formula is C18H21ClN6OS2. The fourth-order valence-electron chi connectivity index (χ4n) is 2.53. The molecule has 3 aromatic rings. The average molecular weight is 437 g/mol. The molecule has 28 heavy (non-hydrogen) atoms. The van der Waals surface area contributed by atoms with Crippen molar-refractivity contribution in [2.45, 2.75) is 38.5 Å². The van der Waals surface area contributed by atoms with Crippen LogP contribution < -0.4 is 10.6 Å². The van der Waals surface area contributed by atoms with Crippen LogP contribution in [0.1, 0.15) is 41.3 Å². The Morgan fingerprint density at radius 2 is 1.57 bits per heavy atom. The van der Waals surface area contributed by atoms with Gasteiger partial charge in [-0.05, 0) is 37.5 Å². The molecule has 148 valence electrons. The number of aryl methyl sites for hydroxylation is 2. The number of nitrogens with one attached hydrogen (secondary N) is 2. The highest BCUT2D eigenvalue weighted by Gasteiger charge is 2.17. The molecule has 0 saturated carbocycles. The van der Waals surface area contributed by atoms with Gasteiger partial charge in [0.1, 0.15) is 10.0 Å². The number of amides is 1. The average Bonchev–Trinajstić information content (AvgIpc) is 3.34. The van der Waals surface area contributed by atoms with Crippen LogP contribution in [0.4, 0.5) is 10.3 Å². The summed E-state index contributed by atoms with van der Waals surface area (Å²) in [5.74, 6) is -0.402. The third-order valence-corrected chi connectivity index (χ3v) is 6.32. The molecule has 0 aliphatic carbocycles. The first-order valence-corrected chi connectivity index (χ1v) is 10.9. The Morgan fingerprint density at radius 3 is 2.14 bits per heavy atom. The lowest BCUT2D eigenvalue weighted by Gasteiger charge is -2.10. The van der Waals surface area contributed by atoms with Gasteiger partial charge >= 0.3 is 0 Å². The third-order valence-electron chi connectivity index (χ3n) is 4.17. The first kappa shape index (κ1) is 20.6. The summed E-state index contributed by atoms with van der Waals surface area (Å²) in [4.78, 5) is 12.4. The molecule has 1 atom stereocenters. The minimum Gasteiger partial charge on any atom is -0.363 e. The first-order valence-electron chi connectivity index (χ1n) is 8.94. The molecule has 0 aliphatic rings. The van der Waals surface area contributed by atoms with Crippen LogP contribution in [0.3, 0.4) is 0 Å². The number of carbonyl (C=O) groups is 1. The molecule has 0 spiro atoms. The van der Waals surface area contributed by atoms with Crippen LogP contribution in [0.25, 0.3) is 0 Å². The Kier molecular flexibility index (Phi) is 7.30. The second-order valence-corrected chi connectivity index (χ2v) is 8.78. The third kappa shape index (κ3) is 5.70. The molecule has 1 amide bonds. The predicted octanol–water partition coefficient (Wildman–Crippen LogP) is 4.39. The molecule has 3 rings (SSSR count). The number of aromatic nitrogens is 4. The van der Waals surface area contributed by atoms with E-state index in [0.717, 1.165) is 46.4 Å². The Balaban J connectivity index is 1.44. The highest BCUT2D eigenvalue weighted by Crippen LogP contribution is 2.23. The summed E-state index contributed by atoms with van der Waals surface area (Å²) >= 11 is 8.89. The molecular weight excluding hydrogens is 416 g/mol. The Morgan fingerprint density at radius 1 is 1.00 bits per heavy atom. The van der Waals surface area contributed by atoms with E-state index in [1.807, 2.05) is 26.1 Å². The predicted molar refractivity (Wildman–Crippen MR) is 115 cm³/mol. The minimum atomic E-state index is -0.293. The van der Waals surface area contributed by atoms with Crippen LogP contribution in [-0.4, -0.2) is 33.3 Å². The summed E-state index contributed by atoms with van der Waals surface area (Å²) in [6.45, 7) is 1.85. The van der Waals surface area contributed by atoms with Crippen molar-refractivity contribution in [1.82, 2.24) is 20.4 Å². The summed E-state index contributed by atoms with van der Waals surface area (Å²) in [5, 5.41) is 26.2. The van der Waals surface area contributed by atoms with E-state index in [2.05, 4.69) is 31.0 Å². The van der Waals surface area contributed by atoms with Gasteiger partial charge in [-0.15, -0.1) is 20.4 Å². The maximum Gasteiger partial charge on any atom is 0.233 e. The Hall–Kier alpha value is -2.10. The lowest BCUT2D eigenvalue weighted by atomic mass is 10.0. The van der Waals surface area contributed by atoms with Gasteiger partial charge in [0.2, 0.25) is 16.2 Å². The second kappa shape index (κ2) is 9.90. The first-order chi connectivity index (χ1) is 13.5. The van der Waals surface area contributed by atoms with Crippen molar-refractivity contribution < 1.29 is 4.79 Å². The zero-order valence-corrected chi connectivity index (χ0v) is 18.0. The molecule has 1 aromatic carbocycles. The zero-order chi connectivity index (χ0) is 19.9. The van der Waals surface area contributed by atoms with Gasteiger partial charge in [-0.1, -0.05) is 46.4 Å². The van der Waals surface area contributed by atoms with Crippen molar-refractivity contribution in [1.29, 1.82) is 0 Å². The summed E-state index contributed by atoms with van der Waals surface area (Å²) in [6, 6.07) is 7.28. The van der Waals surface area contributed by atoms with Crippen molar-refractivity contribution in [2.24, 2.45) is 0 Å². The van der Waals surface area contributed by atoms with E-state index in [1.54, 1.807) is 23.5 Å². The molecule has 2 N–H and O–H groups in total. The van der Waals surface area contributed by atoms with Gasteiger partial charge in [-0.2, -0.15) is 0 Å². The number of carbonyl (C=O) groups excluding carboxylic acids is 1. The summed E-state index contributed by atoms with van der Waals surface area (Å²) in [5.41, 5.74) is 0.907. The van der Waals surface area contributed by atoms with E-state index >= 15 is 0 Å². The fraction of sp³-hybridized carbons (Fsp3) is 0.389. The van der Waals surface area contributed by atoms with Crippen molar-refractivity contribution >= 4 is 50.4 Å². The monoisotopic (exact) mass is 436 g/mol. The molecule has 2 heterocycles. The molecule has 0 radical (unpaired) electrons. The normalized spacial score (nSPS) is 12.0. The van der Waals surface area contributed by atoms with Gasteiger partial charge in [0.15, 0.2) is 0 Å². The van der Waals surface area contributed by atoms with E-state index < -0.39 is 0 Å². The molecule has 0 bridgehead atoms. The van der Waals surface area contributed by atoms with Crippen LogP contribution >= 0.6 is 34.3 Å². The summed E-state index contributed by atoms with van der Waals surface area (Å²) in [6.07, 6.45) is 3.73. The van der Waals surface area contributed by atoms with Crippen molar-refractivity contribution in [2.75, 3.05) is 17.7 Å². The van der Waals surface area contributed by atoms with Crippen LogP contribution in [0, 0.1) is 0 Å². The maximum absolute atomic E-state index is 12.4. The summed E-state index contributed by atoms with van der Waals surface area (Å²) in [7, 11) is 1.84. The van der Waals surface area contributed by atoms with Gasteiger partial charge in [0.05, 0.1) is 5.92 Å². The number of hydrogen-bond acceptors (Lipinski definition) is 8. The highest BCUT2D eigenvalue weighted by molar-refractivity contribution is 7.15.